The van der Waals surface area contributed by atoms with Gasteiger partial charge in [0.05, 0.1) is 6.54 Å². The van der Waals surface area contributed by atoms with Gasteiger partial charge in [-0.05, 0) is 32.3 Å². The van der Waals surface area contributed by atoms with Gasteiger partial charge in [0.25, 0.3) is 0 Å². The summed E-state index contributed by atoms with van der Waals surface area (Å²) in [5, 5.41) is 3.39. The van der Waals surface area contributed by atoms with Gasteiger partial charge in [-0.25, -0.2) is 4.99 Å². The Bertz CT molecular complexity index is 406. The highest BCUT2D eigenvalue weighted by Crippen LogP contribution is 2.09. The molecule has 98 valence electrons. The van der Waals surface area contributed by atoms with Crippen LogP contribution in [-0.4, -0.2) is 30.5 Å². The van der Waals surface area contributed by atoms with Crippen LogP contribution in [0.3, 0.4) is 0 Å². The van der Waals surface area contributed by atoms with Gasteiger partial charge in [-0.1, -0.05) is 29.8 Å². The highest BCUT2D eigenvalue weighted by Gasteiger charge is 2.15. The molecule has 0 saturated carbocycles. The topological polar surface area (TPSA) is 27.6 Å². The van der Waals surface area contributed by atoms with Crippen LogP contribution in [0.2, 0.25) is 0 Å². The zero-order valence-corrected chi connectivity index (χ0v) is 11.4. The monoisotopic (exact) mass is 245 g/mol. The fourth-order valence-electron chi connectivity index (χ4n) is 2.33. The van der Waals surface area contributed by atoms with Crippen LogP contribution in [0.25, 0.3) is 0 Å². The number of benzene rings is 1. The van der Waals surface area contributed by atoms with Gasteiger partial charge in [0, 0.05) is 19.6 Å². The standard InChI is InChI=1S/C15H23N3/c1-3-16-15(18-9-4-5-10-18)17-12-14-8-6-7-13(2)11-14/h6-8,11H,3-5,9-10,12H2,1-2H3,(H,16,17). The van der Waals surface area contributed by atoms with Crippen molar-refractivity contribution >= 4 is 5.96 Å². The molecule has 1 saturated heterocycles. The second-order valence-corrected chi connectivity index (χ2v) is 4.85. The molecule has 1 aliphatic rings. The van der Waals surface area contributed by atoms with Gasteiger partial charge in [0.15, 0.2) is 5.96 Å². The molecular weight excluding hydrogens is 222 g/mol. The van der Waals surface area contributed by atoms with E-state index >= 15 is 0 Å². The summed E-state index contributed by atoms with van der Waals surface area (Å²) in [7, 11) is 0. The van der Waals surface area contributed by atoms with E-state index in [1.807, 2.05) is 0 Å². The summed E-state index contributed by atoms with van der Waals surface area (Å²) in [6, 6.07) is 8.57. The maximum Gasteiger partial charge on any atom is 0.194 e. The van der Waals surface area contributed by atoms with Crippen molar-refractivity contribution in [1.82, 2.24) is 10.2 Å². The van der Waals surface area contributed by atoms with Gasteiger partial charge < -0.3 is 10.2 Å². The molecule has 0 aromatic heterocycles. The van der Waals surface area contributed by atoms with Crippen LogP contribution >= 0.6 is 0 Å². The van der Waals surface area contributed by atoms with Crippen molar-refractivity contribution in [1.29, 1.82) is 0 Å². The third-order valence-corrected chi connectivity index (χ3v) is 3.23. The van der Waals surface area contributed by atoms with Crippen LogP contribution in [0, 0.1) is 6.92 Å². The van der Waals surface area contributed by atoms with Crippen LogP contribution < -0.4 is 5.32 Å². The van der Waals surface area contributed by atoms with Crippen molar-refractivity contribution in [2.45, 2.75) is 33.2 Å². The SMILES string of the molecule is CCNC(=NCc1cccc(C)c1)N1CCCC1. The van der Waals surface area contributed by atoms with Gasteiger partial charge in [0.1, 0.15) is 0 Å². The summed E-state index contributed by atoms with van der Waals surface area (Å²) in [6.45, 7) is 8.22. The summed E-state index contributed by atoms with van der Waals surface area (Å²) in [5.41, 5.74) is 2.58. The lowest BCUT2D eigenvalue weighted by molar-refractivity contribution is 0.493. The molecule has 3 heteroatoms. The summed E-state index contributed by atoms with van der Waals surface area (Å²) < 4.78 is 0. The molecule has 1 aromatic carbocycles. The highest BCUT2D eigenvalue weighted by atomic mass is 15.3. The lowest BCUT2D eigenvalue weighted by atomic mass is 10.1. The molecule has 0 atom stereocenters. The van der Waals surface area contributed by atoms with Gasteiger partial charge in [-0.2, -0.15) is 0 Å². The minimum Gasteiger partial charge on any atom is -0.357 e. The van der Waals surface area contributed by atoms with Crippen LogP contribution in [0.1, 0.15) is 30.9 Å². The average Bonchev–Trinajstić information content (AvgIpc) is 2.88. The Hall–Kier alpha value is -1.51. The smallest absolute Gasteiger partial charge is 0.194 e. The molecule has 0 radical (unpaired) electrons. The molecule has 3 nitrogen and oxygen atoms in total. The Morgan fingerprint density at radius 2 is 2.11 bits per heavy atom. The second kappa shape index (κ2) is 6.43. The number of hydrogen-bond donors (Lipinski definition) is 1. The molecule has 1 aromatic rings. The summed E-state index contributed by atoms with van der Waals surface area (Å²) in [5.74, 6) is 1.07. The van der Waals surface area contributed by atoms with E-state index < -0.39 is 0 Å². The van der Waals surface area contributed by atoms with Crippen molar-refractivity contribution in [3.8, 4) is 0 Å². The molecule has 0 spiro atoms. The van der Waals surface area contributed by atoms with Gasteiger partial charge >= 0.3 is 0 Å². The highest BCUT2D eigenvalue weighted by molar-refractivity contribution is 5.80. The van der Waals surface area contributed by atoms with Crippen molar-refractivity contribution in [2.75, 3.05) is 19.6 Å². The summed E-state index contributed by atoms with van der Waals surface area (Å²) in [4.78, 5) is 7.10. The average molecular weight is 245 g/mol. The molecule has 2 rings (SSSR count). The zero-order valence-electron chi connectivity index (χ0n) is 11.4. The molecular formula is C15H23N3. The van der Waals surface area contributed by atoms with E-state index in [2.05, 4.69) is 48.3 Å². The molecule has 1 N–H and O–H groups in total. The Labute approximate surface area is 110 Å². The normalized spacial score (nSPS) is 16.1. The third kappa shape index (κ3) is 3.49. The first-order valence-corrected chi connectivity index (χ1v) is 6.88. The first-order chi connectivity index (χ1) is 8.79. The maximum absolute atomic E-state index is 4.74. The van der Waals surface area contributed by atoms with Gasteiger partial charge in [-0.15, -0.1) is 0 Å². The zero-order chi connectivity index (χ0) is 12.8. The maximum atomic E-state index is 4.74. The Morgan fingerprint density at radius 3 is 2.78 bits per heavy atom. The van der Waals surface area contributed by atoms with Crippen LogP contribution in [0.5, 0.6) is 0 Å². The number of nitrogens with zero attached hydrogens (tertiary/aromatic N) is 2. The lowest BCUT2D eigenvalue weighted by Crippen LogP contribution is -2.39. The molecule has 0 bridgehead atoms. The quantitative estimate of drug-likeness (QED) is 0.654. The number of likely N-dealkylation sites (tertiary alicyclic amines) is 1. The van der Waals surface area contributed by atoms with Crippen LogP contribution in [0.4, 0.5) is 0 Å². The minimum absolute atomic E-state index is 0.764. The Kier molecular flexibility index (Phi) is 4.62. The van der Waals surface area contributed by atoms with E-state index in [0.717, 1.165) is 32.1 Å². The molecule has 1 fully saturated rings. The molecule has 1 heterocycles. The van der Waals surface area contributed by atoms with Crippen molar-refractivity contribution in [2.24, 2.45) is 4.99 Å². The number of nitrogens with one attached hydrogen (secondary N) is 1. The predicted molar refractivity (Wildman–Crippen MR) is 76.8 cm³/mol. The first kappa shape index (κ1) is 12.9. The van der Waals surface area contributed by atoms with E-state index in [-0.39, 0.29) is 0 Å². The third-order valence-electron chi connectivity index (χ3n) is 3.23. The predicted octanol–water partition coefficient (Wildman–Crippen LogP) is 2.56. The van der Waals surface area contributed by atoms with Crippen molar-refractivity contribution in [3.63, 3.8) is 0 Å². The minimum atomic E-state index is 0.764. The van der Waals surface area contributed by atoms with E-state index in [9.17, 15) is 0 Å². The largest absolute Gasteiger partial charge is 0.357 e. The number of hydrogen-bond acceptors (Lipinski definition) is 1. The fourth-order valence-corrected chi connectivity index (χ4v) is 2.33. The number of aryl methyl sites for hydroxylation is 1. The Morgan fingerprint density at radius 1 is 1.33 bits per heavy atom. The number of guanidine groups is 1. The van der Waals surface area contributed by atoms with Crippen LogP contribution in [-0.2, 0) is 6.54 Å². The lowest BCUT2D eigenvalue weighted by Gasteiger charge is -2.20. The first-order valence-electron chi connectivity index (χ1n) is 6.88. The molecule has 1 aliphatic heterocycles. The van der Waals surface area contributed by atoms with Crippen molar-refractivity contribution < 1.29 is 0 Å². The van der Waals surface area contributed by atoms with Gasteiger partial charge in [-0.3, -0.25) is 0 Å². The fraction of sp³-hybridized carbons (Fsp3) is 0.533. The van der Waals surface area contributed by atoms with Gasteiger partial charge in [0.2, 0.25) is 0 Å². The molecule has 0 unspecified atom stereocenters. The van der Waals surface area contributed by atoms with Crippen molar-refractivity contribution in [3.05, 3.63) is 35.4 Å². The summed E-state index contributed by atoms with van der Waals surface area (Å²) >= 11 is 0. The van der Waals surface area contributed by atoms with Crippen LogP contribution in [0.15, 0.2) is 29.3 Å². The van der Waals surface area contributed by atoms with E-state index in [1.165, 1.54) is 24.0 Å². The Balaban J connectivity index is 2.03. The molecule has 18 heavy (non-hydrogen) atoms. The number of rotatable bonds is 3. The van der Waals surface area contributed by atoms with E-state index in [0.29, 0.717) is 0 Å². The summed E-state index contributed by atoms with van der Waals surface area (Å²) in [6.07, 6.45) is 2.57. The molecule has 0 amide bonds. The van der Waals surface area contributed by atoms with E-state index in [1.54, 1.807) is 0 Å². The number of aliphatic imine (C=N–C) groups is 1. The second-order valence-electron chi connectivity index (χ2n) is 4.85. The molecule has 0 aliphatic carbocycles. The van der Waals surface area contributed by atoms with E-state index in [4.69, 9.17) is 4.99 Å².